The predicted molar refractivity (Wildman–Crippen MR) is 113 cm³/mol. The van der Waals surface area contributed by atoms with Crippen molar-refractivity contribution < 1.29 is 9.59 Å². The number of aromatic nitrogens is 2. The summed E-state index contributed by atoms with van der Waals surface area (Å²) in [5, 5.41) is 0. The number of aromatic amines is 1. The third-order valence-electron chi connectivity index (χ3n) is 4.16. The average molecular weight is 472 g/mol. The van der Waals surface area contributed by atoms with Gasteiger partial charge < -0.3 is 15.5 Å². The lowest BCUT2D eigenvalue weighted by atomic mass is 10.3. The van der Waals surface area contributed by atoms with E-state index < -0.39 is 17.2 Å². The highest BCUT2D eigenvalue weighted by atomic mass is 79.9. The quantitative estimate of drug-likeness (QED) is 0.632. The predicted octanol–water partition coefficient (Wildman–Crippen LogP) is 1.48. The molecule has 152 valence electrons. The van der Waals surface area contributed by atoms with Crippen LogP contribution in [0.15, 0.2) is 25.5 Å². The zero-order chi connectivity index (χ0) is 21.0. The number of H-pyrrole nitrogens is 1. The van der Waals surface area contributed by atoms with Crippen molar-refractivity contribution in [3.63, 3.8) is 0 Å². The minimum Gasteiger partial charge on any atom is -0.383 e. The van der Waals surface area contributed by atoms with Gasteiger partial charge in [0.05, 0.1) is 8.66 Å². The van der Waals surface area contributed by atoms with Crippen LogP contribution in [0.5, 0.6) is 0 Å². The van der Waals surface area contributed by atoms with Crippen molar-refractivity contribution in [1.29, 1.82) is 0 Å². The molecule has 0 aliphatic heterocycles. The molecule has 2 aromatic heterocycles. The molecule has 0 spiro atoms. The van der Waals surface area contributed by atoms with Crippen LogP contribution in [0, 0.1) is 0 Å². The van der Waals surface area contributed by atoms with Gasteiger partial charge in [-0.3, -0.25) is 23.9 Å². The number of amides is 2. The Morgan fingerprint density at radius 2 is 1.96 bits per heavy atom. The lowest BCUT2D eigenvalue weighted by Gasteiger charge is -2.23. The number of nitrogen functional groups attached to an aromatic ring is 1. The van der Waals surface area contributed by atoms with E-state index >= 15 is 0 Å². The third kappa shape index (κ3) is 4.71. The van der Waals surface area contributed by atoms with E-state index in [0.717, 1.165) is 15.1 Å². The molecule has 28 heavy (non-hydrogen) atoms. The fourth-order valence-electron chi connectivity index (χ4n) is 2.56. The second kappa shape index (κ2) is 9.20. The second-order valence-electron chi connectivity index (χ2n) is 6.22. The Balaban J connectivity index is 2.24. The van der Waals surface area contributed by atoms with E-state index in [9.17, 15) is 19.2 Å². The number of carbonyl (C=O) groups excluding carboxylic acids is 2. The van der Waals surface area contributed by atoms with Crippen LogP contribution in [-0.2, 0) is 11.3 Å². The Kier molecular flexibility index (Phi) is 7.19. The number of likely N-dealkylation sites (N-methyl/N-ethyl adjacent to an activating group) is 2. The maximum atomic E-state index is 12.6. The van der Waals surface area contributed by atoms with Crippen LogP contribution in [0.1, 0.15) is 29.4 Å². The summed E-state index contributed by atoms with van der Waals surface area (Å²) in [5.74, 6) is -0.897. The number of carbonyl (C=O) groups is 2. The van der Waals surface area contributed by atoms with E-state index in [2.05, 4.69) is 20.9 Å². The van der Waals surface area contributed by atoms with Gasteiger partial charge in [0, 0.05) is 20.6 Å². The molecule has 0 aromatic carbocycles. The van der Waals surface area contributed by atoms with Gasteiger partial charge in [-0.2, -0.15) is 0 Å². The number of nitrogens with zero attached hydrogens (tertiary/aromatic N) is 3. The van der Waals surface area contributed by atoms with Gasteiger partial charge in [0.2, 0.25) is 5.91 Å². The number of halogens is 1. The molecular weight excluding hydrogens is 450 g/mol. The van der Waals surface area contributed by atoms with Crippen LogP contribution in [0.2, 0.25) is 0 Å². The molecule has 0 unspecified atom stereocenters. The van der Waals surface area contributed by atoms with Crippen molar-refractivity contribution in [2.24, 2.45) is 0 Å². The highest BCUT2D eigenvalue weighted by Crippen LogP contribution is 2.23. The molecule has 0 radical (unpaired) electrons. The molecule has 0 atom stereocenters. The summed E-state index contributed by atoms with van der Waals surface area (Å²) in [4.78, 5) is 54.3. The molecule has 0 aliphatic rings. The van der Waals surface area contributed by atoms with Crippen molar-refractivity contribution in [3.8, 4) is 0 Å². The van der Waals surface area contributed by atoms with E-state index in [1.165, 1.54) is 34.9 Å². The summed E-state index contributed by atoms with van der Waals surface area (Å²) in [7, 11) is 2.88. The number of thiophene rings is 1. The Labute approximate surface area is 173 Å². The van der Waals surface area contributed by atoms with Gasteiger partial charge in [-0.1, -0.05) is 13.3 Å². The van der Waals surface area contributed by atoms with Crippen LogP contribution in [0.4, 0.5) is 11.5 Å². The Hall–Kier alpha value is -2.40. The number of nitrogens with two attached hydrogens (primary N) is 1. The van der Waals surface area contributed by atoms with Gasteiger partial charge in [0.15, 0.2) is 5.69 Å². The molecule has 0 saturated heterocycles. The summed E-state index contributed by atoms with van der Waals surface area (Å²) in [6.45, 7) is 2.04. The molecule has 2 heterocycles. The van der Waals surface area contributed by atoms with Gasteiger partial charge in [-0.25, -0.2) is 4.79 Å². The Morgan fingerprint density at radius 3 is 2.54 bits per heavy atom. The molecule has 0 fully saturated rings. The fourth-order valence-corrected chi connectivity index (χ4v) is 3.94. The highest BCUT2D eigenvalue weighted by Gasteiger charge is 2.24. The number of anilines is 2. The SMILES string of the molecule is CCCCn1c(N)c(N(C)C(=O)CN(C)C(=O)c2ccc(Br)s2)c(=O)[nH]c1=O. The minimum atomic E-state index is -0.748. The van der Waals surface area contributed by atoms with Crippen molar-refractivity contribution in [3.05, 3.63) is 41.6 Å². The Bertz CT molecular complexity index is 996. The first-order chi connectivity index (χ1) is 13.2. The molecule has 2 aromatic rings. The number of rotatable bonds is 7. The molecular formula is C17H22BrN5O4S. The molecule has 2 rings (SSSR count). The van der Waals surface area contributed by atoms with E-state index in [4.69, 9.17) is 5.73 Å². The van der Waals surface area contributed by atoms with Gasteiger partial charge in [0.25, 0.3) is 11.5 Å². The van der Waals surface area contributed by atoms with Crippen LogP contribution >= 0.6 is 27.3 Å². The largest absolute Gasteiger partial charge is 0.383 e. The van der Waals surface area contributed by atoms with Crippen LogP contribution in [0.3, 0.4) is 0 Å². The second-order valence-corrected chi connectivity index (χ2v) is 8.68. The molecule has 9 nitrogen and oxygen atoms in total. The molecule has 0 bridgehead atoms. The van der Waals surface area contributed by atoms with Crippen molar-refractivity contribution >= 4 is 50.6 Å². The van der Waals surface area contributed by atoms with Crippen LogP contribution in [-0.4, -0.2) is 46.9 Å². The van der Waals surface area contributed by atoms with Gasteiger partial charge in [-0.15, -0.1) is 11.3 Å². The first-order valence-electron chi connectivity index (χ1n) is 8.57. The fraction of sp³-hybridized carbons (Fsp3) is 0.412. The lowest BCUT2D eigenvalue weighted by Crippen LogP contribution is -2.43. The first-order valence-corrected chi connectivity index (χ1v) is 10.2. The number of hydrogen-bond acceptors (Lipinski definition) is 6. The standard InChI is InChI=1S/C17H22BrN5O4S/c1-4-5-8-23-14(19)13(15(25)20-17(23)27)22(3)12(24)9-21(2)16(26)10-6-7-11(18)28-10/h6-7H,4-5,8-9,19H2,1-3H3,(H,20,25,27). The maximum Gasteiger partial charge on any atom is 0.330 e. The zero-order valence-corrected chi connectivity index (χ0v) is 18.2. The summed E-state index contributed by atoms with van der Waals surface area (Å²) in [5.41, 5.74) is 4.54. The topological polar surface area (TPSA) is 121 Å². The van der Waals surface area contributed by atoms with Gasteiger partial charge >= 0.3 is 5.69 Å². The molecule has 0 aliphatic carbocycles. The third-order valence-corrected chi connectivity index (χ3v) is 5.77. The summed E-state index contributed by atoms with van der Waals surface area (Å²) in [6, 6.07) is 3.41. The van der Waals surface area contributed by atoms with Crippen molar-refractivity contribution in [2.45, 2.75) is 26.3 Å². The summed E-state index contributed by atoms with van der Waals surface area (Å²) < 4.78 is 2.04. The normalized spacial score (nSPS) is 10.7. The van der Waals surface area contributed by atoms with Crippen molar-refractivity contribution in [1.82, 2.24) is 14.5 Å². The first kappa shape index (κ1) is 21.9. The smallest absolute Gasteiger partial charge is 0.330 e. The number of unbranched alkanes of at least 4 members (excludes halogenated alkanes) is 1. The summed E-state index contributed by atoms with van der Waals surface area (Å²) >= 11 is 4.55. The van der Waals surface area contributed by atoms with E-state index in [1.807, 2.05) is 6.92 Å². The van der Waals surface area contributed by atoms with Crippen LogP contribution < -0.4 is 21.9 Å². The number of nitrogens with one attached hydrogen (secondary N) is 1. The monoisotopic (exact) mass is 471 g/mol. The molecule has 2 amide bonds. The van der Waals surface area contributed by atoms with Crippen LogP contribution in [0.25, 0.3) is 0 Å². The molecule has 11 heteroatoms. The maximum absolute atomic E-state index is 12.6. The van der Waals surface area contributed by atoms with Crippen molar-refractivity contribution in [2.75, 3.05) is 31.3 Å². The van der Waals surface area contributed by atoms with E-state index in [0.29, 0.717) is 17.8 Å². The molecule has 3 N–H and O–H groups in total. The zero-order valence-electron chi connectivity index (χ0n) is 15.8. The highest BCUT2D eigenvalue weighted by molar-refractivity contribution is 9.11. The minimum absolute atomic E-state index is 0.0748. The van der Waals surface area contributed by atoms with Gasteiger partial charge in [-0.05, 0) is 34.5 Å². The molecule has 0 saturated carbocycles. The van der Waals surface area contributed by atoms with E-state index in [1.54, 1.807) is 12.1 Å². The Morgan fingerprint density at radius 1 is 1.29 bits per heavy atom. The number of hydrogen-bond donors (Lipinski definition) is 2. The van der Waals surface area contributed by atoms with Gasteiger partial charge in [0.1, 0.15) is 12.4 Å². The van der Waals surface area contributed by atoms with E-state index in [-0.39, 0.29) is 24.0 Å². The average Bonchev–Trinajstić information content (AvgIpc) is 3.06. The lowest BCUT2D eigenvalue weighted by molar-refractivity contribution is -0.118. The summed E-state index contributed by atoms with van der Waals surface area (Å²) in [6.07, 6.45) is 1.53.